The zero-order valence-electron chi connectivity index (χ0n) is 9.71. The minimum atomic E-state index is -0.632. The normalized spacial score (nSPS) is 10.2. The van der Waals surface area contributed by atoms with E-state index in [4.69, 9.17) is 11.6 Å². The Bertz CT molecular complexity index is 656. The number of aromatic nitrogens is 1. The minimum Gasteiger partial charge on any atom is -0.298 e. The Balaban J connectivity index is 2.29. The first-order valence-corrected chi connectivity index (χ1v) is 6.35. The van der Waals surface area contributed by atoms with Gasteiger partial charge in [0.15, 0.2) is 5.13 Å². The van der Waals surface area contributed by atoms with Crippen molar-refractivity contribution < 1.29 is 9.72 Å². The third-order valence-electron chi connectivity index (χ3n) is 2.26. The van der Waals surface area contributed by atoms with E-state index in [1.165, 1.54) is 29.5 Å². The summed E-state index contributed by atoms with van der Waals surface area (Å²) in [6.45, 7) is 1.85. The second-order valence-electron chi connectivity index (χ2n) is 3.63. The van der Waals surface area contributed by atoms with Gasteiger partial charge in [0.05, 0.1) is 10.5 Å². The molecule has 19 heavy (non-hydrogen) atoms. The van der Waals surface area contributed by atoms with Crippen molar-refractivity contribution in [1.82, 2.24) is 4.98 Å². The molecule has 1 heterocycles. The highest BCUT2D eigenvalue weighted by atomic mass is 35.5. The van der Waals surface area contributed by atoms with Crippen LogP contribution in [-0.2, 0) is 0 Å². The van der Waals surface area contributed by atoms with Crippen LogP contribution in [0.15, 0.2) is 24.4 Å². The molecule has 8 heteroatoms. The van der Waals surface area contributed by atoms with Crippen molar-refractivity contribution in [2.75, 3.05) is 5.32 Å². The Kier molecular flexibility index (Phi) is 3.77. The lowest BCUT2D eigenvalue weighted by atomic mass is 10.2. The van der Waals surface area contributed by atoms with E-state index < -0.39 is 10.8 Å². The standard InChI is InChI=1S/C11H8ClN3O3S/c1-6-5-13-11(19-6)14-10(16)7-3-2-4-8(9(7)12)15(17)18/h2-5H,1H3,(H,13,14,16). The van der Waals surface area contributed by atoms with Crippen molar-refractivity contribution in [1.29, 1.82) is 0 Å². The maximum absolute atomic E-state index is 12.0. The zero-order valence-corrected chi connectivity index (χ0v) is 11.3. The van der Waals surface area contributed by atoms with E-state index in [2.05, 4.69) is 10.3 Å². The second-order valence-corrected chi connectivity index (χ2v) is 5.24. The molecular weight excluding hydrogens is 290 g/mol. The van der Waals surface area contributed by atoms with Crippen LogP contribution < -0.4 is 5.32 Å². The fraction of sp³-hybridized carbons (Fsp3) is 0.0909. The first kappa shape index (κ1) is 13.4. The van der Waals surface area contributed by atoms with Crippen molar-refractivity contribution in [3.63, 3.8) is 0 Å². The number of amides is 1. The third-order valence-corrected chi connectivity index (χ3v) is 3.49. The zero-order chi connectivity index (χ0) is 14.0. The molecule has 0 bridgehead atoms. The molecule has 0 saturated heterocycles. The maximum atomic E-state index is 12.0. The Morgan fingerprint density at radius 1 is 1.53 bits per heavy atom. The van der Waals surface area contributed by atoms with E-state index >= 15 is 0 Å². The first-order valence-electron chi connectivity index (χ1n) is 5.15. The lowest BCUT2D eigenvalue weighted by molar-refractivity contribution is -0.384. The fourth-order valence-corrected chi connectivity index (χ4v) is 2.35. The van der Waals surface area contributed by atoms with Gasteiger partial charge < -0.3 is 0 Å². The van der Waals surface area contributed by atoms with E-state index in [0.29, 0.717) is 5.13 Å². The van der Waals surface area contributed by atoms with Crippen LogP contribution >= 0.6 is 22.9 Å². The number of rotatable bonds is 3. The highest BCUT2D eigenvalue weighted by Crippen LogP contribution is 2.28. The number of aryl methyl sites for hydroxylation is 1. The van der Waals surface area contributed by atoms with Crippen molar-refractivity contribution in [3.8, 4) is 0 Å². The molecule has 0 spiro atoms. The molecular formula is C11H8ClN3O3S. The van der Waals surface area contributed by atoms with Crippen molar-refractivity contribution in [2.45, 2.75) is 6.92 Å². The predicted octanol–water partition coefficient (Wildman–Crippen LogP) is 3.27. The molecule has 1 aromatic carbocycles. The SMILES string of the molecule is Cc1cnc(NC(=O)c2cccc([N+](=O)[O-])c2Cl)s1. The van der Waals surface area contributed by atoms with Gasteiger partial charge in [-0.1, -0.05) is 17.7 Å². The Labute approximate surface area is 117 Å². The summed E-state index contributed by atoms with van der Waals surface area (Å²) >= 11 is 7.16. The monoisotopic (exact) mass is 297 g/mol. The van der Waals surface area contributed by atoms with Gasteiger partial charge in [0.25, 0.3) is 11.6 Å². The summed E-state index contributed by atoms with van der Waals surface area (Å²) in [5.41, 5.74) is -0.256. The first-order chi connectivity index (χ1) is 8.99. The number of halogens is 1. The molecule has 0 radical (unpaired) electrons. The molecule has 0 aliphatic carbocycles. The van der Waals surface area contributed by atoms with Gasteiger partial charge in [-0.25, -0.2) is 4.98 Å². The Hall–Kier alpha value is -1.99. The van der Waals surface area contributed by atoms with Crippen LogP contribution in [0.3, 0.4) is 0 Å². The second kappa shape index (κ2) is 5.33. The van der Waals surface area contributed by atoms with E-state index in [1.807, 2.05) is 6.92 Å². The summed E-state index contributed by atoms with van der Waals surface area (Å²) in [4.78, 5) is 27.0. The largest absolute Gasteiger partial charge is 0.298 e. The van der Waals surface area contributed by atoms with E-state index in [0.717, 1.165) is 4.88 Å². The summed E-state index contributed by atoms with van der Waals surface area (Å²) < 4.78 is 0. The van der Waals surface area contributed by atoms with E-state index in [-0.39, 0.29) is 16.3 Å². The summed E-state index contributed by atoms with van der Waals surface area (Å²) in [6.07, 6.45) is 1.62. The lowest BCUT2D eigenvalue weighted by Crippen LogP contribution is -2.12. The number of carbonyl (C=O) groups excluding carboxylic acids is 1. The average molecular weight is 298 g/mol. The van der Waals surface area contributed by atoms with Crippen LogP contribution in [-0.4, -0.2) is 15.8 Å². The maximum Gasteiger partial charge on any atom is 0.288 e. The number of anilines is 1. The molecule has 0 aliphatic rings. The van der Waals surface area contributed by atoms with Gasteiger partial charge in [0.1, 0.15) is 5.02 Å². The topological polar surface area (TPSA) is 85.1 Å². The smallest absolute Gasteiger partial charge is 0.288 e. The van der Waals surface area contributed by atoms with Crippen LogP contribution in [0.25, 0.3) is 0 Å². The molecule has 1 aromatic heterocycles. The molecule has 0 unspecified atom stereocenters. The van der Waals surface area contributed by atoms with Gasteiger partial charge in [0.2, 0.25) is 0 Å². The summed E-state index contributed by atoms with van der Waals surface area (Å²) in [6, 6.07) is 4.07. The lowest BCUT2D eigenvalue weighted by Gasteiger charge is -2.04. The number of nitro benzene ring substituents is 1. The molecule has 0 atom stereocenters. The van der Waals surface area contributed by atoms with Gasteiger partial charge in [-0.05, 0) is 13.0 Å². The van der Waals surface area contributed by atoms with Crippen LogP contribution in [0.1, 0.15) is 15.2 Å². The minimum absolute atomic E-state index is 0.0451. The number of nitrogens with zero attached hydrogens (tertiary/aromatic N) is 2. The van der Waals surface area contributed by atoms with E-state index in [9.17, 15) is 14.9 Å². The number of hydrogen-bond donors (Lipinski definition) is 1. The molecule has 2 aromatic rings. The quantitative estimate of drug-likeness (QED) is 0.696. The van der Waals surface area contributed by atoms with E-state index in [1.54, 1.807) is 6.20 Å². The highest BCUT2D eigenvalue weighted by Gasteiger charge is 2.20. The molecule has 6 nitrogen and oxygen atoms in total. The number of benzene rings is 1. The molecule has 98 valence electrons. The molecule has 0 saturated carbocycles. The van der Waals surface area contributed by atoms with Crippen molar-refractivity contribution in [2.24, 2.45) is 0 Å². The molecule has 2 rings (SSSR count). The van der Waals surface area contributed by atoms with Crippen LogP contribution in [0.2, 0.25) is 5.02 Å². The van der Waals surface area contributed by atoms with Gasteiger partial charge in [-0.3, -0.25) is 20.2 Å². The van der Waals surface area contributed by atoms with Crippen LogP contribution in [0.4, 0.5) is 10.8 Å². The molecule has 0 fully saturated rings. The average Bonchev–Trinajstić information content (AvgIpc) is 2.74. The number of carbonyl (C=O) groups is 1. The highest BCUT2D eigenvalue weighted by molar-refractivity contribution is 7.15. The number of hydrogen-bond acceptors (Lipinski definition) is 5. The summed E-state index contributed by atoms with van der Waals surface area (Å²) in [7, 11) is 0. The van der Waals surface area contributed by atoms with Gasteiger partial charge in [-0.2, -0.15) is 0 Å². The van der Waals surface area contributed by atoms with Gasteiger partial charge >= 0.3 is 0 Å². The summed E-state index contributed by atoms with van der Waals surface area (Å²) in [5, 5.41) is 13.5. The Morgan fingerprint density at radius 3 is 2.84 bits per heavy atom. The van der Waals surface area contributed by atoms with Crippen LogP contribution in [0.5, 0.6) is 0 Å². The predicted molar refractivity (Wildman–Crippen MR) is 72.9 cm³/mol. The molecule has 0 aliphatic heterocycles. The van der Waals surface area contributed by atoms with Gasteiger partial charge in [-0.15, -0.1) is 11.3 Å². The number of thiazole rings is 1. The number of nitrogens with one attached hydrogen (secondary N) is 1. The molecule has 1 N–H and O–H groups in total. The summed E-state index contributed by atoms with van der Waals surface area (Å²) in [5.74, 6) is -0.525. The Morgan fingerprint density at radius 2 is 2.26 bits per heavy atom. The van der Waals surface area contributed by atoms with Crippen molar-refractivity contribution >= 4 is 39.7 Å². The number of nitro groups is 1. The third kappa shape index (κ3) is 2.88. The molecule has 1 amide bonds. The van der Waals surface area contributed by atoms with Crippen molar-refractivity contribution in [3.05, 3.63) is 50.0 Å². The fourth-order valence-electron chi connectivity index (χ4n) is 1.41. The van der Waals surface area contributed by atoms with Gasteiger partial charge in [0, 0.05) is 17.1 Å². The van der Waals surface area contributed by atoms with Crippen LogP contribution in [0, 0.1) is 17.0 Å².